The van der Waals surface area contributed by atoms with Crippen molar-refractivity contribution in [3.05, 3.63) is 33.6 Å². The number of rotatable bonds is 4. The molecule has 0 unspecified atom stereocenters. The van der Waals surface area contributed by atoms with Crippen LogP contribution in [-0.2, 0) is 4.79 Å². The summed E-state index contributed by atoms with van der Waals surface area (Å²) in [5.74, 6) is -0.751. The van der Waals surface area contributed by atoms with E-state index >= 15 is 0 Å². The topological polar surface area (TPSA) is 94.1 Å². The summed E-state index contributed by atoms with van der Waals surface area (Å²) >= 11 is 1.72. The first-order chi connectivity index (χ1) is 14.7. The van der Waals surface area contributed by atoms with Crippen LogP contribution in [0.3, 0.4) is 0 Å². The summed E-state index contributed by atoms with van der Waals surface area (Å²) in [4.78, 5) is 34.6. The van der Waals surface area contributed by atoms with Crippen LogP contribution in [0, 0.1) is 19.8 Å². The van der Waals surface area contributed by atoms with Crippen molar-refractivity contribution >= 4 is 34.2 Å². The molecule has 1 aliphatic rings. The molecule has 0 spiro atoms. The molecule has 3 aromatic rings. The molecule has 1 aliphatic heterocycles. The van der Waals surface area contributed by atoms with Crippen molar-refractivity contribution in [2.45, 2.75) is 59.5 Å². The van der Waals surface area contributed by atoms with Gasteiger partial charge in [0.05, 0.1) is 28.8 Å². The van der Waals surface area contributed by atoms with E-state index < -0.39 is 0 Å². The second kappa shape index (κ2) is 8.07. The number of aromatic nitrogens is 3. The lowest BCUT2D eigenvalue weighted by Crippen LogP contribution is -2.48. The highest BCUT2D eigenvalue weighted by molar-refractivity contribution is 7.12. The predicted molar refractivity (Wildman–Crippen MR) is 123 cm³/mol. The third kappa shape index (κ3) is 3.84. The molecule has 0 aliphatic carbocycles. The first kappa shape index (κ1) is 21.5. The van der Waals surface area contributed by atoms with Gasteiger partial charge in [0.2, 0.25) is 5.91 Å². The highest BCUT2D eigenvalue weighted by Crippen LogP contribution is 2.34. The molecule has 31 heavy (non-hydrogen) atoms. The molecule has 3 aromatic heterocycles. The highest BCUT2D eigenvalue weighted by atomic mass is 32.1. The Hall–Kier alpha value is -2.74. The van der Waals surface area contributed by atoms with Crippen LogP contribution in [-0.4, -0.2) is 44.1 Å². The van der Waals surface area contributed by atoms with Gasteiger partial charge in [-0.2, -0.15) is 5.10 Å². The van der Waals surface area contributed by atoms with Crippen LogP contribution >= 0.6 is 11.3 Å². The van der Waals surface area contributed by atoms with Crippen molar-refractivity contribution < 1.29 is 9.59 Å². The molecule has 1 saturated heterocycles. The van der Waals surface area contributed by atoms with E-state index in [2.05, 4.69) is 25.0 Å². The van der Waals surface area contributed by atoms with E-state index in [9.17, 15) is 9.59 Å². The number of carbonyl (C=O) groups is 2. The van der Waals surface area contributed by atoms with Gasteiger partial charge >= 0.3 is 0 Å². The van der Waals surface area contributed by atoms with E-state index in [1.54, 1.807) is 22.4 Å². The Kier molecular flexibility index (Phi) is 5.60. The van der Waals surface area contributed by atoms with E-state index in [4.69, 9.17) is 10.7 Å². The summed E-state index contributed by atoms with van der Waals surface area (Å²) in [6.07, 6.45) is 3.20. The molecule has 0 bridgehead atoms. The number of likely N-dealkylation sites (tertiary alicyclic amines) is 1. The smallest absolute Gasteiger partial charge is 0.255 e. The van der Waals surface area contributed by atoms with Gasteiger partial charge < -0.3 is 10.6 Å². The Morgan fingerprint density at radius 1 is 1.23 bits per heavy atom. The number of amides is 2. The fraction of sp³-hybridized carbons (Fsp3) is 0.478. The number of nitrogens with two attached hydrogens (primary N) is 1. The van der Waals surface area contributed by atoms with E-state index in [-0.39, 0.29) is 29.8 Å². The van der Waals surface area contributed by atoms with E-state index in [1.165, 1.54) is 9.75 Å². The Labute approximate surface area is 186 Å². The van der Waals surface area contributed by atoms with Gasteiger partial charge in [0.15, 0.2) is 5.65 Å². The molecule has 0 saturated carbocycles. The molecular formula is C23H29N5O2S. The molecule has 4 rings (SSSR count). The average Bonchev–Trinajstić information content (AvgIpc) is 3.29. The minimum absolute atomic E-state index is 0.0417. The summed E-state index contributed by atoms with van der Waals surface area (Å²) in [6, 6.07) is 4.15. The largest absolute Gasteiger partial charge is 0.369 e. The minimum atomic E-state index is -0.345. The van der Waals surface area contributed by atoms with Crippen LogP contribution < -0.4 is 5.73 Å². The summed E-state index contributed by atoms with van der Waals surface area (Å²) in [5, 5.41) is 5.26. The Morgan fingerprint density at radius 3 is 2.58 bits per heavy atom. The molecule has 2 amide bonds. The lowest BCUT2D eigenvalue weighted by Gasteiger charge is -2.37. The lowest BCUT2D eigenvalue weighted by atomic mass is 9.92. The molecule has 0 aromatic carbocycles. The van der Waals surface area contributed by atoms with Crippen molar-refractivity contribution in [1.29, 1.82) is 0 Å². The lowest BCUT2D eigenvalue weighted by molar-refractivity contribution is -0.123. The predicted octanol–water partition coefficient (Wildman–Crippen LogP) is 4.08. The van der Waals surface area contributed by atoms with Crippen molar-refractivity contribution in [2.24, 2.45) is 11.7 Å². The first-order valence-corrected chi connectivity index (χ1v) is 11.5. The summed E-state index contributed by atoms with van der Waals surface area (Å²) in [6.45, 7) is 10.6. The van der Waals surface area contributed by atoms with Gasteiger partial charge in [0, 0.05) is 33.9 Å². The number of fused-ring (bicyclic) bond motifs is 1. The molecule has 2 N–H and O–H groups in total. The number of thiophene rings is 1. The summed E-state index contributed by atoms with van der Waals surface area (Å²) < 4.78 is 1.86. The standard InChI is InChI=1S/C23H29N5O2S/c1-12(2)28-22-19(10-25-28)18(9-20(26-22)17-8-14(4)31-15(17)5)23(30)27-11-16(21(24)29)7-6-13(27)3/h8-10,12-13,16H,6-7,11H2,1-5H3,(H2,24,29)/t13-,16+/m0/s1. The Morgan fingerprint density at radius 2 is 1.97 bits per heavy atom. The van der Waals surface area contributed by atoms with Crippen LogP contribution in [0.2, 0.25) is 0 Å². The maximum atomic E-state index is 13.8. The molecule has 164 valence electrons. The van der Waals surface area contributed by atoms with Crippen molar-refractivity contribution in [3.63, 3.8) is 0 Å². The summed E-state index contributed by atoms with van der Waals surface area (Å²) in [5.41, 5.74) is 8.65. The van der Waals surface area contributed by atoms with Gasteiger partial charge in [-0.05, 0) is 59.6 Å². The number of primary amides is 1. The normalized spacial score (nSPS) is 19.4. The number of pyridine rings is 1. The fourth-order valence-corrected chi connectivity index (χ4v) is 5.31. The van der Waals surface area contributed by atoms with E-state index in [0.29, 0.717) is 17.8 Å². The van der Waals surface area contributed by atoms with Gasteiger partial charge in [0.25, 0.3) is 5.91 Å². The monoisotopic (exact) mass is 439 g/mol. The van der Waals surface area contributed by atoms with Gasteiger partial charge in [-0.25, -0.2) is 9.67 Å². The number of nitrogens with zero attached hydrogens (tertiary/aromatic N) is 4. The average molecular weight is 440 g/mol. The van der Waals surface area contributed by atoms with Crippen LogP contribution in [0.4, 0.5) is 0 Å². The zero-order chi connectivity index (χ0) is 22.4. The van der Waals surface area contributed by atoms with Gasteiger partial charge in [-0.1, -0.05) is 0 Å². The van der Waals surface area contributed by atoms with Crippen molar-refractivity contribution in [3.8, 4) is 11.3 Å². The maximum absolute atomic E-state index is 13.8. The first-order valence-electron chi connectivity index (χ1n) is 10.7. The Balaban J connectivity index is 1.87. The number of carbonyl (C=O) groups excluding carboxylic acids is 2. The number of piperidine rings is 1. The van der Waals surface area contributed by atoms with E-state index in [1.807, 2.05) is 31.5 Å². The Bertz CT molecular complexity index is 1160. The van der Waals surface area contributed by atoms with Gasteiger partial charge in [0.1, 0.15) is 0 Å². The fourth-order valence-electron chi connectivity index (χ4n) is 4.37. The molecule has 8 heteroatoms. The molecular weight excluding hydrogens is 410 g/mol. The SMILES string of the molecule is Cc1cc(-c2cc(C(=O)N3C[C@H](C(N)=O)CC[C@@H]3C)c3cnn(C(C)C)c3n2)c(C)s1. The minimum Gasteiger partial charge on any atom is -0.369 e. The second-order valence-electron chi connectivity index (χ2n) is 8.79. The van der Waals surface area contributed by atoms with Crippen LogP contribution in [0.1, 0.15) is 59.8 Å². The highest BCUT2D eigenvalue weighted by Gasteiger charge is 2.33. The summed E-state index contributed by atoms with van der Waals surface area (Å²) in [7, 11) is 0. The quantitative estimate of drug-likeness (QED) is 0.663. The van der Waals surface area contributed by atoms with Crippen LogP contribution in [0.5, 0.6) is 0 Å². The third-order valence-corrected chi connectivity index (χ3v) is 7.11. The van der Waals surface area contributed by atoms with Crippen LogP contribution in [0.25, 0.3) is 22.3 Å². The molecule has 2 atom stereocenters. The zero-order valence-corrected chi connectivity index (χ0v) is 19.5. The third-order valence-electron chi connectivity index (χ3n) is 6.15. The van der Waals surface area contributed by atoms with Gasteiger partial charge in [-0.15, -0.1) is 11.3 Å². The number of hydrogen-bond donors (Lipinski definition) is 1. The molecule has 1 fully saturated rings. The van der Waals surface area contributed by atoms with Gasteiger partial charge in [-0.3, -0.25) is 9.59 Å². The van der Waals surface area contributed by atoms with Crippen molar-refractivity contribution in [1.82, 2.24) is 19.7 Å². The number of aryl methyl sites for hydroxylation is 2. The van der Waals surface area contributed by atoms with Crippen molar-refractivity contribution in [2.75, 3.05) is 6.54 Å². The number of hydrogen-bond acceptors (Lipinski definition) is 5. The molecule has 4 heterocycles. The second-order valence-corrected chi connectivity index (χ2v) is 10.2. The molecule has 7 nitrogen and oxygen atoms in total. The van der Waals surface area contributed by atoms with E-state index in [0.717, 1.165) is 29.5 Å². The zero-order valence-electron chi connectivity index (χ0n) is 18.7. The van der Waals surface area contributed by atoms with Crippen LogP contribution in [0.15, 0.2) is 18.3 Å². The molecule has 0 radical (unpaired) electrons. The maximum Gasteiger partial charge on any atom is 0.255 e.